The van der Waals surface area contributed by atoms with Crippen LogP contribution in [-0.2, 0) is 38.8 Å². The molecule has 6 nitrogen and oxygen atoms in total. The summed E-state index contributed by atoms with van der Waals surface area (Å²) in [6, 6.07) is 32.4. The molecule has 0 spiro atoms. The van der Waals surface area contributed by atoms with Crippen LogP contribution in [0, 0.1) is 5.82 Å². The van der Waals surface area contributed by atoms with E-state index in [9.17, 15) is 0 Å². The molecule has 0 unspecified atom stereocenters. The zero-order valence-corrected chi connectivity index (χ0v) is 24.6. The van der Waals surface area contributed by atoms with Crippen molar-refractivity contribution in [2.75, 3.05) is 6.61 Å². The van der Waals surface area contributed by atoms with Crippen LogP contribution in [0.1, 0.15) is 28.4 Å². The Labute approximate surface area is 259 Å². The molecule has 220 valence electrons. The second kappa shape index (κ2) is 13.9. The summed E-state index contributed by atoms with van der Waals surface area (Å²) in [4.78, 5) is 8.22. The van der Waals surface area contributed by atoms with Gasteiger partial charge < -0.3 is 18.9 Å². The summed E-state index contributed by atoms with van der Waals surface area (Å²) in [6.45, 7) is 1.21. The Morgan fingerprint density at radius 1 is 0.698 bits per heavy atom. The van der Waals surface area contributed by atoms with Gasteiger partial charge in [0.05, 0.1) is 31.9 Å². The van der Waals surface area contributed by atoms with Gasteiger partial charge in [-0.1, -0.05) is 103 Å². The highest BCUT2D eigenvalue weighted by molar-refractivity contribution is 6.35. The van der Waals surface area contributed by atoms with E-state index >= 15 is 4.39 Å². The fraction of sp³-hybridized carbons (Fsp3) is 0.235. The summed E-state index contributed by atoms with van der Waals surface area (Å²) < 4.78 is 41.5. The van der Waals surface area contributed by atoms with E-state index in [0.29, 0.717) is 24.1 Å². The third kappa shape index (κ3) is 7.21. The van der Waals surface area contributed by atoms with Crippen molar-refractivity contribution in [3.8, 4) is 0 Å². The molecule has 5 aromatic rings. The molecule has 0 saturated carbocycles. The smallest absolute Gasteiger partial charge is 0.224 e. The number of halogens is 3. The number of hydrogen-bond acceptors (Lipinski definition) is 6. The molecule has 1 saturated heterocycles. The lowest BCUT2D eigenvalue weighted by Crippen LogP contribution is -2.38. The average Bonchev–Trinajstić information content (AvgIpc) is 3.37. The Bertz CT molecular complexity index is 1650. The number of ether oxygens (including phenoxy) is 4. The molecule has 2 heterocycles. The Hall–Kier alpha value is -3.43. The molecule has 1 aliphatic rings. The molecule has 1 fully saturated rings. The minimum Gasteiger partial charge on any atom is -0.374 e. The van der Waals surface area contributed by atoms with Crippen molar-refractivity contribution in [3.63, 3.8) is 0 Å². The van der Waals surface area contributed by atoms with Crippen molar-refractivity contribution in [2.45, 2.75) is 44.2 Å². The number of aromatic nitrogens is 2. The number of benzene rings is 4. The normalized spacial score (nSPS) is 20.1. The topological polar surface area (TPSA) is 62.7 Å². The van der Waals surface area contributed by atoms with E-state index in [0.717, 1.165) is 16.7 Å². The molecular weight excluding hydrogens is 590 g/mol. The third-order valence-corrected chi connectivity index (χ3v) is 7.78. The fourth-order valence-corrected chi connectivity index (χ4v) is 5.67. The van der Waals surface area contributed by atoms with Gasteiger partial charge in [0, 0.05) is 10.9 Å². The number of nitrogens with zero attached hydrogens (tertiary/aromatic N) is 2. The summed E-state index contributed by atoms with van der Waals surface area (Å²) in [5, 5.41) is 0.392. The van der Waals surface area contributed by atoms with Crippen LogP contribution >= 0.6 is 23.2 Å². The van der Waals surface area contributed by atoms with Gasteiger partial charge in [-0.25, -0.2) is 14.4 Å². The quantitative estimate of drug-likeness (QED) is 0.111. The van der Waals surface area contributed by atoms with Gasteiger partial charge in [-0.3, -0.25) is 0 Å². The first-order valence-electron chi connectivity index (χ1n) is 14.0. The standard InChI is InChI=1S/C34H29Cl2FN2O4/c35-33-26-16-27(37)25(17-28(26)38-34(36)39-33)30-32(42-20-24-14-8-3-9-15-24)31(41-19-23-12-6-2-7-13-23)29(43-30)21-40-18-22-10-4-1-5-11-22/h1-17,29-32H,18-21H2/t29-,30+,31-,32+/m1/s1. The molecule has 0 amide bonds. The highest BCUT2D eigenvalue weighted by Gasteiger charge is 2.48. The van der Waals surface area contributed by atoms with E-state index in [2.05, 4.69) is 9.97 Å². The van der Waals surface area contributed by atoms with Crippen molar-refractivity contribution < 1.29 is 23.3 Å². The molecule has 0 N–H and O–H groups in total. The van der Waals surface area contributed by atoms with E-state index in [4.69, 9.17) is 42.1 Å². The zero-order valence-electron chi connectivity index (χ0n) is 23.1. The molecule has 0 radical (unpaired) electrons. The predicted molar refractivity (Wildman–Crippen MR) is 163 cm³/mol. The summed E-state index contributed by atoms with van der Waals surface area (Å²) in [6.07, 6.45) is -2.62. The first kappa shape index (κ1) is 29.6. The predicted octanol–water partition coefficient (Wildman–Crippen LogP) is 7.90. The molecule has 1 aromatic heterocycles. The van der Waals surface area contributed by atoms with E-state index < -0.39 is 30.2 Å². The Morgan fingerprint density at radius 2 is 1.26 bits per heavy atom. The summed E-state index contributed by atoms with van der Waals surface area (Å²) in [5.74, 6) is -0.522. The second-order valence-electron chi connectivity index (χ2n) is 10.3. The summed E-state index contributed by atoms with van der Waals surface area (Å²) in [7, 11) is 0. The van der Waals surface area contributed by atoms with Crippen molar-refractivity contribution >= 4 is 34.1 Å². The third-order valence-electron chi connectivity index (χ3n) is 7.32. The molecule has 43 heavy (non-hydrogen) atoms. The molecule has 6 rings (SSSR count). The van der Waals surface area contributed by atoms with Crippen molar-refractivity contribution in [2.24, 2.45) is 0 Å². The molecule has 4 atom stereocenters. The molecule has 1 aliphatic heterocycles. The maximum absolute atomic E-state index is 15.8. The van der Waals surface area contributed by atoms with Gasteiger partial charge in [0.2, 0.25) is 5.28 Å². The van der Waals surface area contributed by atoms with Crippen LogP contribution in [0.4, 0.5) is 4.39 Å². The first-order valence-corrected chi connectivity index (χ1v) is 14.7. The second-order valence-corrected chi connectivity index (χ2v) is 11.0. The summed E-state index contributed by atoms with van der Waals surface area (Å²) >= 11 is 12.3. The summed E-state index contributed by atoms with van der Waals surface area (Å²) in [5.41, 5.74) is 3.66. The maximum Gasteiger partial charge on any atom is 0.224 e. The van der Waals surface area contributed by atoms with Gasteiger partial charge in [-0.2, -0.15) is 0 Å². The van der Waals surface area contributed by atoms with Gasteiger partial charge in [-0.05, 0) is 40.4 Å². The Balaban J connectivity index is 1.33. The van der Waals surface area contributed by atoms with Crippen LogP contribution in [0.15, 0.2) is 103 Å². The number of hydrogen-bond donors (Lipinski definition) is 0. The first-order chi connectivity index (χ1) is 21.0. The van der Waals surface area contributed by atoms with E-state index in [-0.39, 0.29) is 29.2 Å². The van der Waals surface area contributed by atoms with E-state index in [1.165, 1.54) is 6.07 Å². The molecule has 4 aromatic carbocycles. The lowest BCUT2D eigenvalue weighted by molar-refractivity contribution is -0.0898. The van der Waals surface area contributed by atoms with Gasteiger partial charge in [0.15, 0.2) is 0 Å². The van der Waals surface area contributed by atoms with Crippen LogP contribution in [0.3, 0.4) is 0 Å². The van der Waals surface area contributed by atoms with Gasteiger partial charge in [0.1, 0.15) is 35.4 Å². The highest BCUT2D eigenvalue weighted by Crippen LogP contribution is 2.41. The molecule has 0 aliphatic carbocycles. The fourth-order valence-electron chi connectivity index (χ4n) is 5.22. The number of fused-ring (bicyclic) bond motifs is 1. The minimum atomic E-state index is -0.827. The monoisotopic (exact) mass is 618 g/mol. The lowest BCUT2D eigenvalue weighted by Gasteiger charge is -2.25. The average molecular weight is 620 g/mol. The van der Waals surface area contributed by atoms with Gasteiger partial charge >= 0.3 is 0 Å². The molecule has 9 heteroatoms. The van der Waals surface area contributed by atoms with E-state index in [1.54, 1.807) is 6.07 Å². The van der Waals surface area contributed by atoms with Gasteiger partial charge in [-0.15, -0.1) is 0 Å². The van der Waals surface area contributed by atoms with Gasteiger partial charge in [0.25, 0.3) is 0 Å². The van der Waals surface area contributed by atoms with Crippen LogP contribution in [-0.4, -0.2) is 34.9 Å². The van der Waals surface area contributed by atoms with Crippen LogP contribution in [0.25, 0.3) is 10.9 Å². The van der Waals surface area contributed by atoms with Crippen LogP contribution in [0.5, 0.6) is 0 Å². The van der Waals surface area contributed by atoms with E-state index in [1.807, 2.05) is 91.0 Å². The SMILES string of the molecule is Fc1cc2c(Cl)nc(Cl)nc2cc1[C@@H]1O[C@H](COCc2ccccc2)[C@@H](OCc2ccccc2)[C@H]1OCc1ccccc1. The Morgan fingerprint density at radius 3 is 1.86 bits per heavy atom. The van der Waals surface area contributed by atoms with Crippen LogP contribution < -0.4 is 0 Å². The van der Waals surface area contributed by atoms with Crippen LogP contribution in [0.2, 0.25) is 10.4 Å². The molecule has 0 bridgehead atoms. The van der Waals surface area contributed by atoms with Crippen molar-refractivity contribution in [3.05, 3.63) is 142 Å². The lowest BCUT2D eigenvalue weighted by atomic mass is 9.99. The largest absolute Gasteiger partial charge is 0.374 e. The van der Waals surface area contributed by atoms with Crippen molar-refractivity contribution in [1.29, 1.82) is 0 Å². The highest BCUT2D eigenvalue weighted by atomic mass is 35.5. The molecular formula is C34H29Cl2FN2O4. The number of rotatable bonds is 11. The zero-order chi connectivity index (χ0) is 29.6. The van der Waals surface area contributed by atoms with Crippen molar-refractivity contribution in [1.82, 2.24) is 9.97 Å². The maximum atomic E-state index is 15.8. The minimum absolute atomic E-state index is 0.0319. The Kier molecular flexibility index (Phi) is 9.58.